The Kier molecular flexibility index (Phi) is 8.61. The van der Waals surface area contributed by atoms with Crippen molar-refractivity contribution < 1.29 is 36.6 Å². The Morgan fingerprint density at radius 1 is 0.902 bits per heavy atom. The first-order valence-electron chi connectivity index (χ1n) is 11.9. The largest absolute Gasteiger partial charge is 0.490 e. The molecule has 210 valence electrons. The number of pyridine rings is 1. The van der Waals surface area contributed by atoms with Crippen LogP contribution in [0.4, 0.5) is 39.0 Å². The fraction of sp³-hybridized carbons (Fsp3) is 0.0690. The third kappa shape index (κ3) is 7.44. The van der Waals surface area contributed by atoms with Crippen LogP contribution in [0.25, 0.3) is 22.0 Å². The first-order chi connectivity index (χ1) is 19.5. The molecule has 0 atom stereocenters. The van der Waals surface area contributed by atoms with Crippen molar-refractivity contribution in [3.8, 4) is 11.1 Å². The lowest BCUT2D eigenvalue weighted by Crippen LogP contribution is -2.21. The molecule has 5 rings (SSSR count). The van der Waals surface area contributed by atoms with E-state index in [1.54, 1.807) is 36.7 Å². The average molecular weight is 569 g/mol. The normalized spacial score (nSPS) is 11.0. The number of benzene rings is 3. The molecule has 2 heterocycles. The fourth-order valence-corrected chi connectivity index (χ4v) is 3.88. The standard InChI is InChI=1S/C27H20F2N4O.C2HF3O2/c28-23-9-7-17(12-24(23)29)22-14-19(8-10-26(22)32-20-4-3-11-30-16-20)33-27(34)13-18-15-31-25-6-2-1-5-21(18)25;3-2(4,5)1(6)7/h1-12,14-16,31-32H,13H2,(H,33,34);(H,6,7). The highest BCUT2D eigenvalue weighted by molar-refractivity contribution is 5.97. The van der Waals surface area contributed by atoms with Gasteiger partial charge in [0.25, 0.3) is 0 Å². The maximum atomic E-state index is 14.0. The molecule has 41 heavy (non-hydrogen) atoms. The van der Waals surface area contributed by atoms with E-state index in [1.165, 1.54) is 6.07 Å². The van der Waals surface area contributed by atoms with Gasteiger partial charge in [-0.15, -0.1) is 0 Å². The van der Waals surface area contributed by atoms with Crippen molar-refractivity contribution >= 4 is 39.8 Å². The van der Waals surface area contributed by atoms with Crippen molar-refractivity contribution in [3.05, 3.63) is 109 Å². The highest BCUT2D eigenvalue weighted by Gasteiger charge is 2.38. The van der Waals surface area contributed by atoms with Crippen LogP contribution in [0.2, 0.25) is 0 Å². The van der Waals surface area contributed by atoms with Crippen LogP contribution in [0.15, 0.2) is 91.4 Å². The summed E-state index contributed by atoms with van der Waals surface area (Å²) in [5.41, 5.74) is 4.88. The van der Waals surface area contributed by atoms with Gasteiger partial charge in [-0.1, -0.05) is 24.3 Å². The van der Waals surface area contributed by atoms with Crippen LogP contribution in [0.3, 0.4) is 0 Å². The molecule has 7 nitrogen and oxygen atoms in total. The number of hydrogen-bond donors (Lipinski definition) is 4. The molecule has 0 radical (unpaired) electrons. The minimum atomic E-state index is -5.08. The van der Waals surface area contributed by atoms with E-state index in [0.717, 1.165) is 34.3 Å². The van der Waals surface area contributed by atoms with E-state index in [-0.39, 0.29) is 12.3 Å². The number of amides is 1. The lowest BCUT2D eigenvalue weighted by molar-refractivity contribution is -0.192. The number of hydrogen-bond acceptors (Lipinski definition) is 4. The number of carbonyl (C=O) groups is 2. The van der Waals surface area contributed by atoms with Gasteiger partial charge in [0, 0.05) is 40.2 Å². The second-order valence-electron chi connectivity index (χ2n) is 8.64. The predicted molar refractivity (Wildman–Crippen MR) is 144 cm³/mol. The Morgan fingerprint density at radius 2 is 1.66 bits per heavy atom. The van der Waals surface area contributed by atoms with Crippen molar-refractivity contribution in [2.75, 3.05) is 10.6 Å². The van der Waals surface area contributed by atoms with Crippen LogP contribution in [0.1, 0.15) is 5.56 Å². The smallest absolute Gasteiger partial charge is 0.475 e. The zero-order valence-corrected chi connectivity index (χ0v) is 21.0. The fourth-order valence-electron chi connectivity index (χ4n) is 3.88. The van der Waals surface area contributed by atoms with E-state index in [1.807, 2.05) is 36.5 Å². The number of rotatable bonds is 6. The van der Waals surface area contributed by atoms with E-state index in [4.69, 9.17) is 9.90 Å². The van der Waals surface area contributed by atoms with E-state index in [0.29, 0.717) is 22.5 Å². The summed E-state index contributed by atoms with van der Waals surface area (Å²) in [5, 5.41) is 14.3. The number of carboxylic acid groups (broad SMARTS) is 1. The Bertz CT molecular complexity index is 1690. The maximum Gasteiger partial charge on any atom is 0.490 e. The van der Waals surface area contributed by atoms with Crippen LogP contribution in [-0.2, 0) is 16.0 Å². The number of aromatic nitrogens is 2. The van der Waals surface area contributed by atoms with Crippen molar-refractivity contribution in [1.29, 1.82) is 0 Å². The number of nitrogens with zero attached hydrogens (tertiary/aromatic N) is 1. The van der Waals surface area contributed by atoms with Gasteiger partial charge in [0.1, 0.15) is 0 Å². The molecule has 0 aliphatic carbocycles. The Hall–Kier alpha value is -5.26. The summed E-state index contributed by atoms with van der Waals surface area (Å²) in [6.07, 6.45) is 0.262. The summed E-state index contributed by atoms with van der Waals surface area (Å²) in [7, 11) is 0. The van der Waals surface area contributed by atoms with Gasteiger partial charge in [-0.3, -0.25) is 9.78 Å². The number of anilines is 3. The molecule has 0 unspecified atom stereocenters. The quantitative estimate of drug-likeness (QED) is 0.164. The zero-order chi connectivity index (χ0) is 29.6. The molecule has 4 N–H and O–H groups in total. The van der Waals surface area contributed by atoms with Gasteiger partial charge < -0.3 is 20.7 Å². The molecular weight excluding hydrogens is 547 g/mol. The average Bonchev–Trinajstić information content (AvgIpc) is 3.34. The van der Waals surface area contributed by atoms with Crippen molar-refractivity contribution in [2.24, 2.45) is 0 Å². The van der Waals surface area contributed by atoms with Crippen molar-refractivity contribution in [2.45, 2.75) is 12.6 Å². The minimum Gasteiger partial charge on any atom is -0.475 e. The third-order valence-corrected chi connectivity index (χ3v) is 5.74. The molecule has 0 aliphatic heterocycles. The van der Waals surface area contributed by atoms with Gasteiger partial charge in [0.05, 0.1) is 18.3 Å². The summed E-state index contributed by atoms with van der Waals surface area (Å²) in [4.78, 5) is 28.9. The molecule has 0 aliphatic rings. The molecule has 0 spiro atoms. The lowest BCUT2D eigenvalue weighted by atomic mass is 10.0. The summed E-state index contributed by atoms with van der Waals surface area (Å²) in [6, 6.07) is 20.4. The van der Waals surface area contributed by atoms with Crippen LogP contribution in [0.5, 0.6) is 0 Å². The van der Waals surface area contributed by atoms with Gasteiger partial charge in [-0.05, 0) is 59.7 Å². The lowest BCUT2D eigenvalue weighted by Gasteiger charge is -2.15. The second-order valence-corrected chi connectivity index (χ2v) is 8.64. The molecule has 3 aromatic carbocycles. The van der Waals surface area contributed by atoms with E-state index in [2.05, 4.69) is 20.6 Å². The number of alkyl halides is 3. The summed E-state index contributed by atoms with van der Waals surface area (Å²) >= 11 is 0. The maximum absolute atomic E-state index is 14.0. The zero-order valence-electron chi connectivity index (χ0n) is 21.0. The molecule has 0 bridgehead atoms. The monoisotopic (exact) mass is 568 g/mol. The number of aliphatic carboxylic acids is 1. The summed E-state index contributed by atoms with van der Waals surface area (Å²) in [5.74, 6) is -4.81. The van der Waals surface area contributed by atoms with Gasteiger partial charge in [-0.2, -0.15) is 13.2 Å². The van der Waals surface area contributed by atoms with E-state index < -0.39 is 23.8 Å². The summed E-state index contributed by atoms with van der Waals surface area (Å²) in [6.45, 7) is 0. The van der Waals surface area contributed by atoms with Crippen molar-refractivity contribution in [3.63, 3.8) is 0 Å². The number of nitrogens with one attached hydrogen (secondary N) is 3. The number of carboxylic acids is 1. The Balaban J connectivity index is 0.000000493. The SMILES string of the molecule is O=C(Cc1c[nH]c2ccccc12)Nc1ccc(Nc2cccnc2)c(-c2ccc(F)c(F)c2)c1.O=C(O)C(F)(F)F. The van der Waals surface area contributed by atoms with Crippen molar-refractivity contribution in [1.82, 2.24) is 9.97 Å². The molecule has 2 aromatic heterocycles. The number of fused-ring (bicyclic) bond motifs is 1. The first-order valence-corrected chi connectivity index (χ1v) is 11.9. The molecular formula is C29H21F5N4O3. The molecule has 1 amide bonds. The minimum absolute atomic E-state index is 0.186. The van der Waals surface area contributed by atoms with Crippen LogP contribution < -0.4 is 10.6 Å². The number of H-pyrrole nitrogens is 1. The second kappa shape index (κ2) is 12.3. The van der Waals surface area contributed by atoms with Crippen LogP contribution in [0, 0.1) is 11.6 Å². The number of para-hydroxylation sites is 1. The van der Waals surface area contributed by atoms with Gasteiger partial charge in [0.15, 0.2) is 11.6 Å². The topological polar surface area (TPSA) is 107 Å². The molecule has 0 saturated carbocycles. The third-order valence-electron chi connectivity index (χ3n) is 5.74. The van der Waals surface area contributed by atoms with E-state index >= 15 is 0 Å². The Labute approximate surface area is 229 Å². The van der Waals surface area contributed by atoms with E-state index in [9.17, 15) is 26.7 Å². The number of aromatic amines is 1. The van der Waals surface area contributed by atoms with Crippen LogP contribution >= 0.6 is 0 Å². The molecule has 0 saturated heterocycles. The van der Waals surface area contributed by atoms with Gasteiger partial charge in [-0.25, -0.2) is 13.6 Å². The molecule has 5 aromatic rings. The highest BCUT2D eigenvalue weighted by Crippen LogP contribution is 2.34. The van der Waals surface area contributed by atoms with Gasteiger partial charge in [0.2, 0.25) is 5.91 Å². The Morgan fingerprint density at radius 3 is 2.34 bits per heavy atom. The number of halogens is 5. The predicted octanol–water partition coefficient (Wildman–Crippen LogP) is 7.07. The highest BCUT2D eigenvalue weighted by atomic mass is 19.4. The van der Waals surface area contributed by atoms with Crippen LogP contribution in [-0.4, -0.2) is 33.1 Å². The summed E-state index contributed by atoms with van der Waals surface area (Å²) < 4.78 is 59.3. The molecule has 0 fully saturated rings. The number of carbonyl (C=O) groups excluding carboxylic acids is 1. The van der Waals surface area contributed by atoms with Gasteiger partial charge >= 0.3 is 12.1 Å². The molecule has 12 heteroatoms. The first kappa shape index (κ1) is 28.7.